The summed E-state index contributed by atoms with van der Waals surface area (Å²) in [5.41, 5.74) is -0.230. The SMILES string of the molecule is O=C(O)c1ccc(C(O)O)cc1O. The van der Waals surface area contributed by atoms with E-state index >= 15 is 0 Å². The molecule has 4 N–H and O–H groups in total. The van der Waals surface area contributed by atoms with E-state index in [1.807, 2.05) is 0 Å². The van der Waals surface area contributed by atoms with Crippen LogP contribution in [0.5, 0.6) is 5.75 Å². The number of aliphatic hydroxyl groups excluding tert-OH is 1. The molecule has 0 aliphatic carbocycles. The minimum atomic E-state index is -1.71. The molecule has 0 aromatic heterocycles. The maximum absolute atomic E-state index is 10.4. The van der Waals surface area contributed by atoms with E-state index < -0.39 is 18.0 Å². The van der Waals surface area contributed by atoms with E-state index in [4.69, 9.17) is 20.4 Å². The molecule has 0 amide bonds. The molecular weight excluding hydrogens is 176 g/mol. The molecule has 0 aliphatic rings. The average molecular weight is 184 g/mol. The summed E-state index contributed by atoms with van der Waals surface area (Å²) in [5, 5.41) is 35.0. The number of aromatic hydroxyl groups is 1. The Balaban J connectivity index is 3.13. The number of carboxylic acid groups (broad SMARTS) is 1. The Morgan fingerprint density at radius 3 is 2.31 bits per heavy atom. The minimum absolute atomic E-state index is 0.0440. The van der Waals surface area contributed by atoms with Gasteiger partial charge in [0.2, 0.25) is 0 Å². The molecule has 13 heavy (non-hydrogen) atoms. The molecule has 1 aromatic carbocycles. The molecule has 5 heteroatoms. The molecule has 1 aromatic rings. The smallest absolute Gasteiger partial charge is 0.339 e. The highest BCUT2D eigenvalue weighted by Crippen LogP contribution is 2.21. The second-order valence-corrected chi connectivity index (χ2v) is 2.46. The monoisotopic (exact) mass is 184 g/mol. The molecule has 0 radical (unpaired) electrons. The lowest BCUT2D eigenvalue weighted by Gasteiger charge is -2.05. The highest BCUT2D eigenvalue weighted by atomic mass is 16.5. The van der Waals surface area contributed by atoms with Gasteiger partial charge < -0.3 is 20.4 Å². The van der Waals surface area contributed by atoms with Crippen molar-refractivity contribution in [2.45, 2.75) is 6.29 Å². The molecule has 0 aliphatic heterocycles. The van der Waals surface area contributed by atoms with Gasteiger partial charge in [-0.25, -0.2) is 4.79 Å². The number of aromatic carboxylic acids is 1. The van der Waals surface area contributed by atoms with Gasteiger partial charge in [-0.3, -0.25) is 0 Å². The van der Waals surface area contributed by atoms with Crippen LogP contribution in [0.1, 0.15) is 22.2 Å². The number of phenols is 1. The van der Waals surface area contributed by atoms with Gasteiger partial charge in [-0.15, -0.1) is 0 Å². The lowest BCUT2D eigenvalue weighted by molar-refractivity contribution is -0.0426. The predicted molar refractivity (Wildman–Crippen MR) is 42.2 cm³/mol. The van der Waals surface area contributed by atoms with Gasteiger partial charge in [-0.1, -0.05) is 6.07 Å². The van der Waals surface area contributed by atoms with Crippen molar-refractivity contribution in [2.24, 2.45) is 0 Å². The average Bonchev–Trinajstić information content (AvgIpc) is 2.03. The van der Waals surface area contributed by atoms with E-state index in [0.717, 1.165) is 12.1 Å². The standard InChI is InChI=1S/C8H8O5/c9-6-3-4(7(10)11)1-2-5(6)8(12)13/h1-3,7,9-11H,(H,12,13). The Kier molecular flexibility index (Phi) is 2.50. The molecule has 0 saturated carbocycles. The summed E-state index contributed by atoms with van der Waals surface area (Å²) >= 11 is 0. The Bertz CT molecular complexity index is 331. The summed E-state index contributed by atoms with van der Waals surface area (Å²) in [7, 11) is 0. The summed E-state index contributed by atoms with van der Waals surface area (Å²) in [4.78, 5) is 10.4. The van der Waals surface area contributed by atoms with Gasteiger partial charge in [-0.2, -0.15) is 0 Å². The fourth-order valence-electron chi connectivity index (χ4n) is 0.890. The molecular formula is C8H8O5. The van der Waals surface area contributed by atoms with Gasteiger partial charge in [-0.05, 0) is 12.1 Å². The van der Waals surface area contributed by atoms with E-state index in [1.54, 1.807) is 0 Å². The molecule has 70 valence electrons. The van der Waals surface area contributed by atoms with Crippen LogP contribution in [-0.2, 0) is 0 Å². The zero-order valence-corrected chi connectivity index (χ0v) is 6.51. The van der Waals surface area contributed by atoms with Crippen LogP contribution >= 0.6 is 0 Å². The van der Waals surface area contributed by atoms with Crippen molar-refractivity contribution in [2.75, 3.05) is 0 Å². The van der Waals surface area contributed by atoms with Gasteiger partial charge in [0.05, 0.1) is 0 Å². The third kappa shape index (κ3) is 1.95. The first-order valence-electron chi connectivity index (χ1n) is 3.44. The van der Waals surface area contributed by atoms with Crippen molar-refractivity contribution in [3.8, 4) is 5.75 Å². The molecule has 1 rings (SSSR count). The van der Waals surface area contributed by atoms with Crippen LogP contribution in [0.2, 0.25) is 0 Å². The summed E-state index contributed by atoms with van der Waals surface area (Å²) in [5.74, 6) is -1.76. The van der Waals surface area contributed by atoms with Crippen LogP contribution in [0.3, 0.4) is 0 Å². The Morgan fingerprint density at radius 1 is 1.31 bits per heavy atom. The van der Waals surface area contributed by atoms with E-state index in [2.05, 4.69) is 0 Å². The second-order valence-electron chi connectivity index (χ2n) is 2.46. The highest BCUT2D eigenvalue weighted by molar-refractivity contribution is 5.90. The first kappa shape index (κ1) is 9.50. The van der Waals surface area contributed by atoms with Crippen molar-refractivity contribution >= 4 is 5.97 Å². The van der Waals surface area contributed by atoms with Crippen LogP contribution in [0, 0.1) is 0 Å². The highest BCUT2D eigenvalue weighted by Gasteiger charge is 2.11. The number of rotatable bonds is 2. The lowest BCUT2D eigenvalue weighted by atomic mass is 10.1. The first-order valence-corrected chi connectivity index (χ1v) is 3.44. The van der Waals surface area contributed by atoms with Crippen LogP contribution < -0.4 is 0 Å². The number of carboxylic acids is 1. The summed E-state index contributed by atoms with van der Waals surface area (Å²) in [6.07, 6.45) is -1.71. The molecule has 0 heterocycles. The third-order valence-electron chi connectivity index (χ3n) is 1.55. The normalized spacial score (nSPS) is 10.4. The second kappa shape index (κ2) is 3.42. The van der Waals surface area contributed by atoms with Crippen LogP contribution in [0.15, 0.2) is 18.2 Å². The molecule has 0 atom stereocenters. The molecule has 0 saturated heterocycles. The first-order chi connectivity index (χ1) is 6.02. The Morgan fingerprint density at radius 2 is 1.92 bits per heavy atom. The number of hydrogen-bond donors (Lipinski definition) is 4. The van der Waals surface area contributed by atoms with Crippen molar-refractivity contribution in [3.05, 3.63) is 29.3 Å². The molecule has 0 unspecified atom stereocenters. The van der Waals surface area contributed by atoms with Crippen molar-refractivity contribution < 1.29 is 25.2 Å². The van der Waals surface area contributed by atoms with Crippen LogP contribution in [0.4, 0.5) is 0 Å². The van der Waals surface area contributed by atoms with Crippen LogP contribution in [0.25, 0.3) is 0 Å². The van der Waals surface area contributed by atoms with Gasteiger partial charge in [0.1, 0.15) is 11.3 Å². The lowest BCUT2D eigenvalue weighted by Crippen LogP contribution is -1.99. The van der Waals surface area contributed by atoms with Gasteiger partial charge in [0.25, 0.3) is 0 Å². The summed E-state index contributed by atoms with van der Waals surface area (Å²) in [6, 6.07) is 3.31. The maximum atomic E-state index is 10.4. The zero-order chi connectivity index (χ0) is 10.0. The van der Waals surface area contributed by atoms with Gasteiger partial charge in [0.15, 0.2) is 6.29 Å². The Labute approximate surface area is 73.5 Å². The molecule has 0 fully saturated rings. The van der Waals surface area contributed by atoms with Crippen molar-refractivity contribution in [1.29, 1.82) is 0 Å². The largest absolute Gasteiger partial charge is 0.507 e. The predicted octanol–water partition coefficient (Wildman–Crippen LogP) is 0.0736. The number of carbonyl (C=O) groups is 1. The third-order valence-corrected chi connectivity index (χ3v) is 1.55. The van der Waals surface area contributed by atoms with E-state index in [-0.39, 0.29) is 11.1 Å². The number of aliphatic hydroxyl groups is 2. The van der Waals surface area contributed by atoms with Crippen LogP contribution in [-0.4, -0.2) is 26.4 Å². The fourth-order valence-corrected chi connectivity index (χ4v) is 0.890. The van der Waals surface area contributed by atoms with Crippen molar-refractivity contribution in [1.82, 2.24) is 0 Å². The fraction of sp³-hybridized carbons (Fsp3) is 0.125. The molecule has 5 nitrogen and oxygen atoms in total. The van der Waals surface area contributed by atoms with Crippen molar-refractivity contribution in [3.63, 3.8) is 0 Å². The number of hydrogen-bond acceptors (Lipinski definition) is 4. The minimum Gasteiger partial charge on any atom is -0.507 e. The van der Waals surface area contributed by atoms with E-state index in [9.17, 15) is 4.79 Å². The van der Waals surface area contributed by atoms with E-state index in [1.165, 1.54) is 6.07 Å². The van der Waals surface area contributed by atoms with Gasteiger partial charge in [0, 0.05) is 5.56 Å². The zero-order valence-electron chi connectivity index (χ0n) is 6.51. The number of benzene rings is 1. The molecule has 0 spiro atoms. The van der Waals surface area contributed by atoms with E-state index in [0.29, 0.717) is 0 Å². The topological polar surface area (TPSA) is 98.0 Å². The summed E-state index contributed by atoms with van der Waals surface area (Å²) < 4.78 is 0. The van der Waals surface area contributed by atoms with Gasteiger partial charge >= 0.3 is 5.97 Å². The molecule has 0 bridgehead atoms. The maximum Gasteiger partial charge on any atom is 0.339 e. The summed E-state index contributed by atoms with van der Waals surface area (Å²) in [6.45, 7) is 0. The quantitative estimate of drug-likeness (QED) is 0.488. The Hall–Kier alpha value is -1.59.